The van der Waals surface area contributed by atoms with E-state index >= 15 is 0 Å². The lowest BCUT2D eigenvalue weighted by Crippen LogP contribution is -2.46. The zero-order valence-electron chi connectivity index (χ0n) is 12.8. The highest BCUT2D eigenvalue weighted by Crippen LogP contribution is 2.00. The van der Waals surface area contributed by atoms with Crippen LogP contribution in [0.15, 0.2) is 0 Å². The van der Waals surface area contributed by atoms with Gasteiger partial charge >= 0.3 is 12.0 Å². The van der Waals surface area contributed by atoms with Gasteiger partial charge in [-0.25, -0.2) is 9.59 Å². The standard InChI is InChI=1S/C14H28N2O4/c1-4-5-7-12(13(17)18)16-14(19)15-8-6-9-20-10-11(2)3/h11-12H,4-10H2,1-3H3,(H,17,18)(H2,15,16,19)/t12-/m0/s1. The molecule has 0 saturated carbocycles. The van der Waals surface area contributed by atoms with Crippen LogP contribution in [0.5, 0.6) is 0 Å². The van der Waals surface area contributed by atoms with E-state index in [2.05, 4.69) is 24.5 Å². The van der Waals surface area contributed by atoms with Gasteiger partial charge in [-0.15, -0.1) is 0 Å². The summed E-state index contributed by atoms with van der Waals surface area (Å²) in [6.45, 7) is 7.92. The second-order valence-electron chi connectivity index (χ2n) is 5.26. The number of urea groups is 1. The zero-order valence-corrected chi connectivity index (χ0v) is 12.8. The van der Waals surface area contributed by atoms with Crippen LogP contribution in [0.25, 0.3) is 0 Å². The fourth-order valence-corrected chi connectivity index (χ4v) is 1.57. The van der Waals surface area contributed by atoms with Crippen molar-refractivity contribution in [3.8, 4) is 0 Å². The van der Waals surface area contributed by atoms with E-state index in [1.165, 1.54) is 0 Å². The van der Waals surface area contributed by atoms with Crippen LogP contribution < -0.4 is 10.6 Å². The lowest BCUT2D eigenvalue weighted by atomic mass is 10.1. The number of nitrogens with one attached hydrogen (secondary N) is 2. The van der Waals surface area contributed by atoms with Crippen molar-refractivity contribution in [2.45, 2.75) is 52.5 Å². The van der Waals surface area contributed by atoms with E-state index in [0.29, 0.717) is 38.5 Å². The van der Waals surface area contributed by atoms with E-state index < -0.39 is 18.0 Å². The predicted octanol–water partition coefficient (Wildman–Crippen LogP) is 1.99. The Morgan fingerprint density at radius 2 is 1.95 bits per heavy atom. The molecule has 0 fully saturated rings. The number of aliphatic carboxylic acids is 1. The van der Waals surface area contributed by atoms with E-state index in [-0.39, 0.29) is 0 Å². The van der Waals surface area contributed by atoms with E-state index in [1.807, 2.05) is 6.92 Å². The summed E-state index contributed by atoms with van der Waals surface area (Å²) in [6.07, 6.45) is 2.85. The van der Waals surface area contributed by atoms with Gasteiger partial charge in [-0.3, -0.25) is 0 Å². The number of carboxylic acid groups (broad SMARTS) is 1. The van der Waals surface area contributed by atoms with E-state index in [1.54, 1.807) is 0 Å². The van der Waals surface area contributed by atoms with Gasteiger partial charge in [0.05, 0.1) is 0 Å². The summed E-state index contributed by atoms with van der Waals surface area (Å²) in [7, 11) is 0. The Morgan fingerprint density at radius 1 is 1.25 bits per heavy atom. The second-order valence-corrected chi connectivity index (χ2v) is 5.26. The van der Waals surface area contributed by atoms with Crippen molar-refractivity contribution < 1.29 is 19.4 Å². The lowest BCUT2D eigenvalue weighted by molar-refractivity contribution is -0.139. The average Bonchev–Trinajstić information content (AvgIpc) is 2.37. The normalized spacial score (nSPS) is 12.2. The predicted molar refractivity (Wildman–Crippen MR) is 77.8 cm³/mol. The Kier molecular flexibility index (Phi) is 10.8. The van der Waals surface area contributed by atoms with Gasteiger partial charge in [0.1, 0.15) is 6.04 Å². The van der Waals surface area contributed by atoms with Crippen LogP contribution in [-0.4, -0.2) is 42.9 Å². The third-order valence-electron chi connectivity index (χ3n) is 2.65. The van der Waals surface area contributed by atoms with Crippen molar-refractivity contribution >= 4 is 12.0 Å². The summed E-state index contributed by atoms with van der Waals surface area (Å²) >= 11 is 0. The first-order valence-electron chi connectivity index (χ1n) is 7.32. The first-order valence-corrected chi connectivity index (χ1v) is 7.32. The molecule has 6 nitrogen and oxygen atoms in total. The molecule has 2 amide bonds. The Hall–Kier alpha value is -1.30. The van der Waals surface area contributed by atoms with Crippen molar-refractivity contribution in [1.29, 1.82) is 0 Å². The molecule has 0 aromatic carbocycles. The highest BCUT2D eigenvalue weighted by Gasteiger charge is 2.18. The number of carboxylic acids is 1. The molecule has 0 aromatic rings. The summed E-state index contributed by atoms with van der Waals surface area (Å²) in [4.78, 5) is 22.5. The van der Waals surface area contributed by atoms with Gasteiger partial charge in [0.2, 0.25) is 0 Å². The molecule has 0 heterocycles. The van der Waals surface area contributed by atoms with Crippen LogP contribution in [0, 0.1) is 5.92 Å². The molecule has 0 aromatic heterocycles. The van der Waals surface area contributed by atoms with E-state index in [9.17, 15) is 9.59 Å². The molecule has 1 atom stereocenters. The fourth-order valence-electron chi connectivity index (χ4n) is 1.57. The van der Waals surface area contributed by atoms with Crippen LogP contribution in [-0.2, 0) is 9.53 Å². The smallest absolute Gasteiger partial charge is 0.326 e. The molecular weight excluding hydrogens is 260 g/mol. The Labute approximate surface area is 121 Å². The van der Waals surface area contributed by atoms with Crippen molar-refractivity contribution in [2.24, 2.45) is 5.92 Å². The van der Waals surface area contributed by atoms with E-state index in [0.717, 1.165) is 12.8 Å². The largest absolute Gasteiger partial charge is 0.480 e. The summed E-state index contributed by atoms with van der Waals surface area (Å²) in [5.74, 6) is -0.491. The van der Waals surface area contributed by atoms with Crippen LogP contribution in [0.3, 0.4) is 0 Å². The molecule has 6 heteroatoms. The minimum atomic E-state index is -0.992. The first kappa shape index (κ1) is 18.7. The number of rotatable bonds is 11. The monoisotopic (exact) mass is 288 g/mol. The van der Waals surface area contributed by atoms with Gasteiger partial charge in [-0.1, -0.05) is 33.6 Å². The summed E-state index contributed by atoms with van der Waals surface area (Å²) in [5.41, 5.74) is 0. The van der Waals surface area contributed by atoms with Crippen LogP contribution >= 0.6 is 0 Å². The third kappa shape index (κ3) is 10.6. The molecule has 0 aliphatic rings. The number of carbonyl (C=O) groups is 2. The minimum absolute atomic E-state index is 0.433. The van der Waals surface area contributed by atoms with Gasteiger partial charge in [0, 0.05) is 19.8 Å². The number of amides is 2. The van der Waals surface area contributed by atoms with Gasteiger partial charge in [-0.05, 0) is 18.8 Å². The van der Waals surface area contributed by atoms with Crippen LogP contribution in [0.1, 0.15) is 46.5 Å². The Balaban J connectivity index is 3.71. The Morgan fingerprint density at radius 3 is 2.50 bits per heavy atom. The second kappa shape index (κ2) is 11.5. The number of hydrogen-bond donors (Lipinski definition) is 3. The third-order valence-corrected chi connectivity index (χ3v) is 2.65. The minimum Gasteiger partial charge on any atom is -0.480 e. The maximum atomic E-state index is 11.5. The fraction of sp³-hybridized carbons (Fsp3) is 0.857. The SMILES string of the molecule is CCCC[C@H](NC(=O)NCCCOCC(C)C)C(=O)O. The maximum Gasteiger partial charge on any atom is 0.326 e. The van der Waals surface area contributed by atoms with Crippen molar-refractivity contribution in [3.05, 3.63) is 0 Å². The average molecular weight is 288 g/mol. The van der Waals surface area contributed by atoms with Crippen molar-refractivity contribution in [1.82, 2.24) is 10.6 Å². The molecule has 3 N–H and O–H groups in total. The number of hydrogen-bond acceptors (Lipinski definition) is 3. The van der Waals surface area contributed by atoms with Gasteiger partial charge in [0.25, 0.3) is 0 Å². The maximum absolute atomic E-state index is 11.5. The zero-order chi connectivity index (χ0) is 15.4. The lowest BCUT2D eigenvalue weighted by Gasteiger charge is -2.14. The highest BCUT2D eigenvalue weighted by molar-refractivity contribution is 5.82. The topological polar surface area (TPSA) is 87.7 Å². The quantitative estimate of drug-likeness (QED) is 0.507. The molecule has 0 radical (unpaired) electrons. The molecule has 0 aliphatic carbocycles. The summed E-state index contributed by atoms with van der Waals surface area (Å²) < 4.78 is 5.38. The first-order chi connectivity index (χ1) is 9.47. The molecule has 0 rings (SSSR count). The number of unbranched alkanes of at least 4 members (excludes halogenated alkanes) is 1. The van der Waals surface area contributed by atoms with Gasteiger partial charge in [-0.2, -0.15) is 0 Å². The molecule has 20 heavy (non-hydrogen) atoms. The van der Waals surface area contributed by atoms with Crippen molar-refractivity contribution in [3.63, 3.8) is 0 Å². The van der Waals surface area contributed by atoms with Crippen LogP contribution in [0.4, 0.5) is 4.79 Å². The molecule has 0 spiro atoms. The molecule has 0 saturated heterocycles. The molecular formula is C14H28N2O4. The molecule has 0 unspecified atom stereocenters. The van der Waals surface area contributed by atoms with E-state index in [4.69, 9.17) is 9.84 Å². The molecule has 0 aliphatic heterocycles. The summed E-state index contributed by atoms with van der Waals surface area (Å²) in [5, 5.41) is 14.1. The molecule has 118 valence electrons. The summed E-state index contributed by atoms with van der Waals surface area (Å²) in [6, 6.07) is -1.25. The van der Waals surface area contributed by atoms with Gasteiger partial charge in [0.15, 0.2) is 0 Å². The van der Waals surface area contributed by atoms with Crippen molar-refractivity contribution in [2.75, 3.05) is 19.8 Å². The highest BCUT2D eigenvalue weighted by atomic mass is 16.5. The number of ether oxygens (including phenoxy) is 1. The van der Waals surface area contributed by atoms with Gasteiger partial charge < -0.3 is 20.5 Å². The number of carbonyl (C=O) groups excluding carboxylic acids is 1. The Bertz CT molecular complexity index is 282. The molecule has 0 bridgehead atoms. The van der Waals surface area contributed by atoms with Crippen LogP contribution in [0.2, 0.25) is 0 Å².